The van der Waals surface area contributed by atoms with Gasteiger partial charge in [-0.2, -0.15) is 0 Å². The van der Waals surface area contributed by atoms with Crippen molar-refractivity contribution >= 4 is 11.6 Å². The van der Waals surface area contributed by atoms with E-state index in [-0.39, 0.29) is 0 Å². The number of aryl methyl sites for hydroxylation is 1. The number of rotatable bonds is 4. The molecule has 17 heavy (non-hydrogen) atoms. The van der Waals surface area contributed by atoms with Gasteiger partial charge >= 0.3 is 0 Å². The molecular formula is C13H21ClN2O. The van der Waals surface area contributed by atoms with Gasteiger partial charge in [0.2, 0.25) is 0 Å². The standard InChI is InChI=1S/C13H21ClN2O/c1-7-13(5,17-6)12-15-9(4)10(8(2)3)11(14)16-12/h8H,7H2,1-6H3. The number of aromatic nitrogens is 2. The monoisotopic (exact) mass is 256 g/mol. The molecule has 0 fully saturated rings. The fourth-order valence-electron chi connectivity index (χ4n) is 1.83. The molecule has 1 unspecified atom stereocenters. The van der Waals surface area contributed by atoms with E-state index in [0.717, 1.165) is 17.7 Å². The van der Waals surface area contributed by atoms with Gasteiger partial charge in [-0.05, 0) is 26.2 Å². The van der Waals surface area contributed by atoms with Gasteiger partial charge in [-0.25, -0.2) is 9.97 Å². The van der Waals surface area contributed by atoms with Crippen LogP contribution in [-0.4, -0.2) is 17.1 Å². The van der Waals surface area contributed by atoms with E-state index >= 15 is 0 Å². The molecule has 1 atom stereocenters. The quantitative estimate of drug-likeness (QED) is 0.768. The molecule has 1 aromatic rings. The Kier molecular flexibility index (Phi) is 4.50. The summed E-state index contributed by atoms with van der Waals surface area (Å²) in [4.78, 5) is 8.95. The maximum absolute atomic E-state index is 6.24. The highest BCUT2D eigenvalue weighted by molar-refractivity contribution is 6.30. The van der Waals surface area contributed by atoms with E-state index in [1.165, 1.54) is 0 Å². The lowest BCUT2D eigenvalue weighted by atomic mass is 10.00. The molecule has 0 N–H and O–H groups in total. The van der Waals surface area contributed by atoms with Gasteiger partial charge in [-0.1, -0.05) is 32.4 Å². The van der Waals surface area contributed by atoms with Gasteiger partial charge in [0.15, 0.2) is 5.82 Å². The number of hydrogen-bond donors (Lipinski definition) is 0. The lowest BCUT2D eigenvalue weighted by molar-refractivity contribution is -0.00915. The van der Waals surface area contributed by atoms with Crippen LogP contribution in [0, 0.1) is 6.92 Å². The minimum Gasteiger partial charge on any atom is -0.371 e. The minimum absolute atomic E-state index is 0.326. The van der Waals surface area contributed by atoms with E-state index in [1.807, 2.05) is 20.8 Å². The summed E-state index contributed by atoms with van der Waals surface area (Å²) in [5, 5.41) is 0.541. The first-order valence-corrected chi connectivity index (χ1v) is 6.33. The predicted molar refractivity (Wildman–Crippen MR) is 70.5 cm³/mol. The molecule has 0 saturated carbocycles. The number of methoxy groups -OCH3 is 1. The highest BCUT2D eigenvalue weighted by Gasteiger charge is 2.29. The van der Waals surface area contributed by atoms with E-state index in [4.69, 9.17) is 16.3 Å². The normalized spacial score (nSPS) is 15.1. The second-order valence-electron chi connectivity index (χ2n) is 4.78. The third kappa shape index (κ3) is 2.78. The van der Waals surface area contributed by atoms with Crippen LogP contribution in [-0.2, 0) is 10.3 Å². The summed E-state index contributed by atoms with van der Waals surface area (Å²) in [6.45, 7) is 10.2. The molecule has 0 aromatic carbocycles. The van der Waals surface area contributed by atoms with Gasteiger partial charge in [-0.3, -0.25) is 0 Å². The van der Waals surface area contributed by atoms with E-state index in [9.17, 15) is 0 Å². The van der Waals surface area contributed by atoms with Crippen LogP contribution in [0.5, 0.6) is 0 Å². The Labute approximate surface area is 109 Å². The Morgan fingerprint density at radius 3 is 2.29 bits per heavy atom. The van der Waals surface area contributed by atoms with E-state index in [2.05, 4.69) is 23.8 Å². The van der Waals surface area contributed by atoms with Crippen molar-refractivity contribution in [2.45, 2.75) is 52.6 Å². The molecule has 1 heterocycles. The highest BCUT2D eigenvalue weighted by atomic mass is 35.5. The summed E-state index contributed by atoms with van der Waals surface area (Å²) in [7, 11) is 1.67. The Bertz CT molecular complexity index is 377. The summed E-state index contributed by atoms with van der Waals surface area (Å²) in [5.74, 6) is 0.987. The third-order valence-electron chi connectivity index (χ3n) is 3.27. The van der Waals surface area contributed by atoms with Crippen LogP contribution in [0.2, 0.25) is 5.15 Å². The zero-order chi connectivity index (χ0) is 13.2. The summed E-state index contributed by atoms with van der Waals surface area (Å²) in [6.07, 6.45) is 0.806. The molecule has 0 bridgehead atoms. The average Bonchev–Trinajstić information content (AvgIpc) is 2.26. The predicted octanol–water partition coefficient (Wildman–Crippen LogP) is 3.83. The van der Waals surface area contributed by atoms with Crippen molar-refractivity contribution in [3.05, 3.63) is 22.2 Å². The first kappa shape index (κ1) is 14.4. The van der Waals surface area contributed by atoms with Gasteiger partial charge < -0.3 is 4.74 Å². The van der Waals surface area contributed by atoms with Crippen LogP contribution >= 0.6 is 11.6 Å². The molecule has 0 saturated heterocycles. The van der Waals surface area contributed by atoms with Crippen LogP contribution in [0.15, 0.2) is 0 Å². The van der Waals surface area contributed by atoms with Crippen molar-refractivity contribution < 1.29 is 4.74 Å². The summed E-state index contributed by atoms with van der Waals surface area (Å²) in [6, 6.07) is 0. The van der Waals surface area contributed by atoms with E-state index in [0.29, 0.717) is 16.9 Å². The molecule has 0 amide bonds. The molecular weight excluding hydrogens is 236 g/mol. The van der Waals surface area contributed by atoms with Crippen molar-refractivity contribution in [3.63, 3.8) is 0 Å². The molecule has 0 aliphatic carbocycles. The molecule has 1 aromatic heterocycles. The van der Waals surface area contributed by atoms with E-state index in [1.54, 1.807) is 7.11 Å². The van der Waals surface area contributed by atoms with Crippen molar-refractivity contribution in [2.75, 3.05) is 7.11 Å². The first-order valence-electron chi connectivity index (χ1n) is 5.95. The Balaban J connectivity index is 3.32. The maximum Gasteiger partial charge on any atom is 0.161 e. The third-order valence-corrected chi connectivity index (χ3v) is 3.55. The molecule has 96 valence electrons. The molecule has 4 heteroatoms. The second-order valence-corrected chi connectivity index (χ2v) is 5.14. The average molecular weight is 257 g/mol. The largest absolute Gasteiger partial charge is 0.371 e. The number of ether oxygens (including phenoxy) is 1. The zero-order valence-electron chi connectivity index (χ0n) is 11.5. The van der Waals surface area contributed by atoms with Gasteiger partial charge in [-0.15, -0.1) is 0 Å². The van der Waals surface area contributed by atoms with Gasteiger partial charge in [0.25, 0.3) is 0 Å². The smallest absolute Gasteiger partial charge is 0.161 e. The van der Waals surface area contributed by atoms with E-state index < -0.39 is 5.60 Å². The fraction of sp³-hybridized carbons (Fsp3) is 0.692. The van der Waals surface area contributed by atoms with Crippen molar-refractivity contribution in [3.8, 4) is 0 Å². The van der Waals surface area contributed by atoms with Gasteiger partial charge in [0.05, 0.1) is 0 Å². The Morgan fingerprint density at radius 2 is 1.94 bits per heavy atom. The number of hydrogen-bond acceptors (Lipinski definition) is 3. The Hall–Kier alpha value is -0.670. The van der Waals surface area contributed by atoms with Crippen molar-refractivity contribution in [1.82, 2.24) is 9.97 Å². The molecule has 1 rings (SSSR count). The molecule has 0 aliphatic rings. The van der Waals surface area contributed by atoms with Crippen LogP contribution in [0.25, 0.3) is 0 Å². The minimum atomic E-state index is -0.468. The maximum atomic E-state index is 6.24. The molecule has 0 aliphatic heterocycles. The van der Waals surface area contributed by atoms with Crippen LogP contribution in [0.4, 0.5) is 0 Å². The lowest BCUT2D eigenvalue weighted by Gasteiger charge is -2.26. The van der Waals surface area contributed by atoms with Gasteiger partial charge in [0, 0.05) is 18.4 Å². The van der Waals surface area contributed by atoms with Gasteiger partial charge in [0.1, 0.15) is 10.8 Å². The lowest BCUT2D eigenvalue weighted by Crippen LogP contribution is -2.27. The first-order chi connectivity index (χ1) is 7.85. The van der Waals surface area contributed by atoms with Crippen molar-refractivity contribution in [2.24, 2.45) is 0 Å². The molecule has 0 spiro atoms. The topological polar surface area (TPSA) is 35.0 Å². The zero-order valence-corrected chi connectivity index (χ0v) is 12.2. The summed E-state index contributed by atoms with van der Waals surface area (Å²) in [5.41, 5.74) is 1.49. The Morgan fingerprint density at radius 1 is 1.35 bits per heavy atom. The van der Waals surface area contributed by atoms with Crippen molar-refractivity contribution in [1.29, 1.82) is 0 Å². The summed E-state index contributed by atoms with van der Waals surface area (Å²) >= 11 is 6.24. The summed E-state index contributed by atoms with van der Waals surface area (Å²) < 4.78 is 5.50. The second kappa shape index (κ2) is 5.32. The number of nitrogens with zero attached hydrogens (tertiary/aromatic N) is 2. The van der Waals surface area contributed by atoms with Crippen LogP contribution < -0.4 is 0 Å². The van der Waals surface area contributed by atoms with Crippen LogP contribution in [0.3, 0.4) is 0 Å². The SMILES string of the molecule is CCC(C)(OC)c1nc(C)c(C(C)C)c(Cl)n1. The molecule has 3 nitrogen and oxygen atoms in total. The number of halogens is 1. The fourth-order valence-corrected chi connectivity index (χ4v) is 2.27. The van der Waals surface area contributed by atoms with Crippen LogP contribution in [0.1, 0.15) is 57.1 Å². The highest BCUT2D eigenvalue weighted by Crippen LogP contribution is 2.30. The molecule has 0 radical (unpaired) electrons.